The van der Waals surface area contributed by atoms with Gasteiger partial charge in [-0.05, 0) is 49.9 Å². The maximum atomic E-state index is 13.1. The van der Waals surface area contributed by atoms with Crippen molar-refractivity contribution in [1.29, 1.82) is 0 Å². The van der Waals surface area contributed by atoms with Gasteiger partial charge in [-0.25, -0.2) is 9.59 Å². The molecule has 0 aromatic heterocycles. The maximum Gasteiger partial charge on any atom is 0.408 e. The van der Waals surface area contributed by atoms with Crippen molar-refractivity contribution in [3.05, 3.63) is 96.1 Å². The van der Waals surface area contributed by atoms with Crippen LogP contribution < -0.4 is 10.6 Å². The van der Waals surface area contributed by atoms with Gasteiger partial charge in [0.05, 0.1) is 0 Å². The highest BCUT2D eigenvalue weighted by Crippen LogP contribution is 2.20. The number of ether oxygens (including phenoxy) is 2. The molecule has 0 aliphatic rings. The van der Waals surface area contributed by atoms with Gasteiger partial charge < -0.3 is 20.1 Å². The molecule has 0 aliphatic heterocycles. The summed E-state index contributed by atoms with van der Waals surface area (Å²) < 4.78 is 10.7. The average molecular weight is 503 g/mol. The van der Waals surface area contributed by atoms with E-state index >= 15 is 0 Å². The fourth-order valence-corrected chi connectivity index (χ4v) is 3.59. The van der Waals surface area contributed by atoms with E-state index in [0.29, 0.717) is 0 Å². The lowest BCUT2D eigenvalue weighted by molar-refractivity contribution is -0.148. The van der Waals surface area contributed by atoms with Crippen molar-refractivity contribution in [2.75, 3.05) is 0 Å². The third kappa shape index (κ3) is 9.11. The third-order valence-electron chi connectivity index (χ3n) is 5.44. The lowest BCUT2D eigenvalue weighted by Gasteiger charge is -2.24. The first-order valence-corrected chi connectivity index (χ1v) is 12.3. The fraction of sp³-hybridized carbons (Fsp3) is 0.300. The number of hydrogen-bond donors (Lipinski definition) is 2. The topological polar surface area (TPSA) is 93.7 Å². The molecule has 0 saturated carbocycles. The van der Waals surface area contributed by atoms with Gasteiger partial charge in [-0.2, -0.15) is 0 Å². The number of carbonyl (C=O) groups is 3. The molecular formula is C30H34N2O5. The number of alkyl carbamates (subject to hydrolysis) is 1. The Hall–Kier alpha value is -4.13. The van der Waals surface area contributed by atoms with Gasteiger partial charge in [-0.3, -0.25) is 4.79 Å². The normalized spacial score (nSPS) is 12.6. The second-order valence-corrected chi connectivity index (χ2v) is 9.79. The molecular weight excluding hydrogens is 468 g/mol. The quantitative estimate of drug-likeness (QED) is 0.400. The minimum Gasteiger partial charge on any atom is -0.459 e. The Balaban J connectivity index is 1.67. The van der Waals surface area contributed by atoms with Gasteiger partial charge in [-0.15, -0.1) is 0 Å². The van der Waals surface area contributed by atoms with Crippen LogP contribution in [-0.2, 0) is 32.1 Å². The van der Waals surface area contributed by atoms with Crippen molar-refractivity contribution < 1.29 is 23.9 Å². The summed E-state index contributed by atoms with van der Waals surface area (Å²) in [7, 11) is 0. The van der Waals surface area contributed by atoms with Crippen LogP contribution >= 0.6 is 0 Å². The first-order chi connectivity index (χ1) is 17.6. The minimum atomic E-state index is -0.957. The Labute approximate surface area is 218 Å². The van der Waals surface area contributed by atoms with Crippen molar-refractivity contribution >= 4 is 18.0 Å². The van der Waals surface area contributed by atoms with Crippen molar-refractivity contribution in [3.63, 3.8) is 0 Å². The van der Waals surface area contributed by atoms with Crippen LogP contribution in [0.15, 0.2) is 84.9 Å². The molecule has 2 atom stereocenters. The van der Waals surface area contributed by atoms with E-state index in [9.17, 15) is 14.4 Å². The molecule has 0 heterocycles. The molecule has 2 amide bonds. The van der Waals surface area contributed by atoms with E-state index in [2.05, 4.69) is 10.6 Å². The lowest BCUT2D eigenvalue weighted by atomic mass is 10.00. The fourth-order valence-electron chi connectivity index (χ4n) is 3.59. The predicted molar refractivity (Wildman–Crippen MR) is 143 cm³/mol. The molecule has 0 saturated heterocycles. The first kappa shape index (κ1) is 27.5. The predicted octanol–water partition coefficient (Wildman–Crippen LogP) is 5.04. The molecule has 0 aliphatic carbocycles. The molecule has 7 heteroatoms. The largest absolute Gasteiger partial charge is 0.459 e. The molecule has 7 nitrogen and oxygen atoms in total. The van der Waals surface area contributed by atoms with Crippen LogP contribution in [-0.4, -0.2) is 35.7 Å². The summed E-state index contributed by atoms with van der Waals surface area (Å²) in [4.78, 5) is 38.1. The van der Waals surface area contributed by atoms with Crippen molar-refractivity contribution in [1.82, 2.24) is 10.6 Å². The van der Waals surface area contributed by atoms with E-state index in [1.165, 1.54) is 0 Å². The number of rotatable bonds is 9. The van der Waals surface area contributed by atoms with Crippen molar-refractivity contribution in [3.8, 4) is 11.1 Å². The molecule has 3 aromatic rings. The zero-order valence-corrected chi connectivity index (χ0v) is 21.7. The molecule has 194 valence electrons. The lowest BCUT2D eigenvalue weighted by Crippen LogP contribution is -2.52. The van der Waals surface area contributed by atoms with Gasteiger partial charge in [0.1, 0.15) is 24.3 Å². The van der Waals surface area contributed by atoms with Gasteiger partial charge >= 0.3 is 12.1 Å². The van der Waals surface area contributed by atoms with E-state index in [0.717, 1.165) is 22.3 Å². The number of benzene rings is 3. The second kappa shape index (κ2) is 12.7. The summed E-state index contributed by atoms with van der Waals surface area (Å²) in [5.41, 5.74) is 3.09. The highest BCUT2D eigenvalue weighted by Gasteiger charge is 2.27. The van der Waals surface area contributed by atoms with Crippen LogP contribution in [0.5, 0.6) is 0 Å². The summed E-state index contributed by atoms with van der Waals surface area (Å²) >= 11 is 0. The molecule has 3 aromatic carbocycles. The Morgan fingerprint density at radius 1 is 0.757 bits per heavy atom. The summed E-state index contributed by atoms with van der Waals surface area (Å²) in [5, 5.41) is 5.30. The van der Waals surface area contributed by atoms with Crippen LogP contribution in [0.1, 0.15) is 38.8 Å². The van der Waals surface area contributed by atoms with Gasteiger partial charge in [0, 0.05) is 6.42 Å². The Morgan fingerprint density at radius 2 is 1.32 bits per heavy atom. The standard InChI is InChI=1S/C30H34N2O5/c1-21(28(34)36-20-23-11-7-5-8-12-23)31-27(33)26(32-29(35)37-30(2,3)4)19-22-15-17-25(18-16-22)24-13-9-6-10-14-24/h5-18,21,26H,19-20H2,1-4H3,(H,31,33)(H,32,35)/t21-,26-/m0/s1. The maximum absolute atomic E-state index is 13.1. The summed E-state index contributed by atoms with van der Waals surface area (Å²) in [6.07, 6.45) is -0.501. The van der Waals surface area contributed by atoms with Crippen LogP contribution in [0.4, 0.5) is 4.79 Å². The van der Waals surface area contributed by atoms with Crippen molar-refractivity contribution in [2.24, 2.45) is 0 Å². The van der Waals surface area contributed by atoms with Crippen molar-refractivity contribution in [2.45, 2.75) is 58.4 Å². The number of amides is 2. The second-order valence-electron chi connectivity index (χ2n) is 9.79. The van der Waals surface area contributed by atoms with Crippen LogP contribution in [0.3, 0.4) is 0 Å². The van der Waals surface area contributed by atoms with E-state index in [-0.39, 0.29) is 13.0 Å². The van der Waals surface area contributed by atoms with Crippen LogP contribution in [0.2, 0.25) is 0 Å². The van der Waals surface area contributed by atoms with Gasteiger partial charge in [0.15, 0.2) is 0 Å². The molecule has 0 radical (unpaired) electrons. The van der Waals surface area contributed by atoms with E-state index in [1.807, 2.05) is 84.9 Å². The highest BCUT2D eigenvalue weighted by atomic mass is 16.6. The molecule has 2 N–H and O–H groups in total. The van der Waals surface area contributed by atoms with E-state index < -0.39 is 35.7 Å². The average Bonchev–Trinajstić information content (AvgIpc) is 2.87. The highest BCUT2D eigenvalue weighted by molar-refractivity contribution is 5.89. The Kier molecular flexibility index (Phi) is 9.44. The molecule has 0 bridgehead atoms. The Morgan fingerprint density at radius 3 is 1.92 bits per heavy atom. The smallest absolute Gasteiger partial charge is 0.408 e. The zero-order valence-electron chi connectivity index (χ0n) is 21.7. The summed E-state index contributed by atoms with van der Waals surface area (Å²) in [6, 6.07) is 25.1. The molecule has 37 heavy (non-hydrogen) atoms. The number of esters is 1. The number of hydrogen-bond acceptors (Lipinski definition) is 5. The first-order valence-electron chi connectivity index (χ1n) is 12.3. The van der Waals surface area contributed by atoms with Crippen LogP contribution in [0.25, 0.3) is 11.1 Å². The number of nitrogens with one attached hydrogen (secondary N) is 2. The zero-order chi connectivity index (χ0) is 26.8. The molecule has 0 unspecified atom stereocenters. The third-order valence-corrected chi connectivity index (χ3v) is 5.44. The van der Waals surface area contributed by atoms with Gasteiger partial charge in [0.25, 0.3) is 0 Å². The minimum absolute atomic E-state index is 0.104. The Bertz CT molecular complexity index is 1170. The summed E-state index contributed by atoms with van der Waals surface area (Å²) in [5.74, 6) is -1.08. The number of carbonyl (C=O) groups excluding carboxylic acids is 3. The van der Waals surface area contributed by atoms with E-state index in [4.69, 9.17) is 9.47 Å². The summed E-state index contributed by atoms with van der Waals surface area (Å²) in [6.45, 7) is 6.88. The van der Waals surface area contributed by atoms with Gasteiger partial charge in [0.2, 0.25) is 5.91 Å². The van der Waals surface area contributed by atoms with Crippen LogP contribution in [0, 0.1) is 0 Å². The monoisotopic (exact) mass is 502 g/mol. The molecule has 0 fully saturated rings. The molecule has 0 spiro atoms. The van der Waals surface area contributed by atoms with Gasteiger partial charge in [-0.1, -0.05) is 84.9 Å². The SMILES string of the molecule is C[C@H](NC(=O)[C@H](Cc1ccc(-c2ccccc2)cc1)NC(=O)OC(C)(C)C)C(=O)OCc1ccccc1. The van der Waals surface area contributed by atoms with E-state index in [1.54, 1.807) is 27.7 Å². The molecule has 3 rings (SSSR count).